The van der Waals surface area contributed by atoms with E-state index in [0.717, 1.165) is 43.2 Å². The zero-order valence-corrected chi connectivity index (χ0v) is 39.9. The van der Waals surface area contributed by atoms with Gasteiger partial charge < -0.3 is 18.8 Å². The Morgan fingerprint density at radius 2 is 0.948 bits per heavy atom. The topological polar surface area (TPSA) is 120 Å². The van der Waals surface area contributed by atoms with Crippen LogP contribution in [0.15, 0.2) is 17.0 Å². The van der Waals surface area contributed by atoms with Gasteiger partial charge in [0.1, 0.15) is 22.3 Å². The summed E-state index contributed by atoms with van der Waals surface area (Å²) in [4.78, 5) is -0.193. The van der Waals surface area contributed by atoms with Crippen LogP contribution < -0.4 is 5.32 Å². The van der Waals surface area contributed by atoms with Crippen LogP contribution in [-0.4, -0.2) is 63.8 Å². The van der Waals surface area contributed by atoms with Gasteiger partial charge in [-0.15, -0.1) is 0 Å². The lowest BCUT2D eigenvalue weighted by atomic mass is 9.91. The molecule has 9 nitrogen and oxygen atoms in total. The van der Waals surface area contributed by atoms with Crippen molar-refractivity contribution in [2.75, 3.05) is 33.0 Å². The third kappa shape index (κ3) is 19.3. The fourth-order valence-corrected chi connectivity index (χ4v) is 9.45. The molecule has 0 saturated carbocycles. The molecule has 2 atom stereocenters. The van der Waals surface area contributed by atoms with E-state index in [9.17, 15) is 13.0 Å². The molecule has 2 N–H and O–H groups in total. The van der Waals surface area contributed by atoms with Crippen molar-refractivity contribution in [1.82, 2.24) is 0 Å². The van der Waals surface area contributed by atoms with E-state index in [0.29, 0.717) is 38.2 Å². The van der Waals surface area contributed by atoms with E-state index >= 15 is 0 Å². The SMILES string of the molecule is CCCCCCCCCCCCCCCC(OCC)C(OCC)(OCC)C([NH2+]C(CCCCCCCCCCC)c1c(S(=O)(=O)[O-])ccc(C)c1C)(OCC)OCC. The second-order valence-electron chi connectivity index (χ2n) is 16.3. The summed E-state index contributed by atoms with van der Waals surface area (Å²) in [5, 5.41) is 1.97. The molecule has 2 unspecified atom stereocenters. The van der Waals surface area contributed by atoms with E-state index in [1.165, 1.54) is 115 Å². The van der Waals surface area contributed by atoms with Crippen molar-refractivity contribution in [3.05, 3.63) is 28.8 Å². The molecule has 0 heterocycles. The van der Waals surface area contributed by atoms with Crippen molar-refractivity contribution in [2.45, 2.75) is 245 Å². The first-order valence-electron chi connectivity index (χ1n) is 24.1. The van der Waals surface area contributed by atoms with E-state index in [1.807, 2.05) is 53.8 Å². The number of hydrogen-bond acceptors (Lipinski definition) is 8. The van der Waals surface area contributed by atoms with Gasteiger partial charge in [0.15, 0.2) is 0 Å². The molecule has 0 spiro atoms. The van der Waals surface area contributed by atoms with E-state index in [4.69, 9.17) is 23.7 Å². The Kier molecular flexibility index (Phi) is 30.8. The monoisotopic (exact) mass is 842 g/mol. The zero-order chi connectivity index (χ0) is 43.1. The second kappa shape index (κ2) is 32.6. The van der Waals surface area contributed by atoms with E-state index < -0.39 is 34.0 Å². The van der Waals surface area contributed by atoms with Gasteiger partial charge in [0.25, 0.3) is 0 Å². The molecule has 0 fully saturated rings. The highest BCUT2D eigenvalue weighted by Crippen LogP contribution is 2.38. The molecule has 342 valence electrons. The van der Waals surface area contributed by atoms with Crippen molar-refractivity contribution >= 4 is 10.1 Å². The van der Waals surface area contributed by atoms with Crippen LogP contribution in [0.4, 0.5) is 0 Å². The Balaban J connectivity index is 3.51. The summed E-state index contributed by atoms with van der Waals surface area (Å²) in [7, 11) is -4.80. The van der Waals surface area contributed by atoms with Crippen LogP contribution in [0.25, 0.3) is 0 Å². The number of hydrogen-bond donors (Lipinski definition) is 1. The highest BCUT2D eigenvalue weighted by Gasteiger charge is 2.66. The number of aryl methyl sites for hydroxylation is 1. The average molecular weight is 842 g/mol. The average Bonchev–Trinajstić information content (AvgIpc) is 3.18. The molecule has 0 radical (unpaired) electrons. The minimum atomic E-state index is -4.80. The summed E-state index contributed by atoms with van der Waals surface area (Å²) in [6.45, 7) is 19.7. The smallest absolute Gasteiger partial charge is 0.376 e. The minimum Gasteiger partial charge on any atom is -0.744 e. The van der Waals surface area contributed by atoms with E-state index in [-0.39, 0.29) is 18.1 Å². The summed E-state index contributed by atoms with van der Waals surface area (Å²) in [5.41, 5.74) is 2.20. The van der Waals surface area contributed by atoms with Gasteiger partial charge in [0.2, 0.25) is 0 Å². The fourth-order valence-electron chi connectivity index (χ4n) is 8.64. The lowest BCUT2D eigenvalue weighted by Crippen LogP contribution is -3.05. The van der Waals surface area contributed by atoms with Crippen LogP contribution >= 0.6 is 0 Å². The molecule has 0 aliphatic carbocycles. The highest BCUT2D eigenvalue weighted by atomic mass is 32.2. The lowest BCUT2D eigenvalue weighted by molar-refractivity contribution is -0.872. The summed E-state index contributed by atoms with van der Waals surface area (Å²) >= 11 is 0. The maximum atomic E-state index is 13.0. The van der Waals surface area contributed by atoms with Crippen molar-refractivity contribution in [2.24, 2.45) is 0 Å². The summed E-state index contributed by atoms with van der Waals surface area (Å²) in [6.07, 6.45) is 27.6. The number of ether oxygens (including phenoxy) is 5. The Hall–Kier alpha value is -1.11. The Morgan fingerprint density at radius 1 is 0.552 bits per heavy atom. The molecule has 1 aromatic carbocycles. The van der Waals surface area contributed by atoms with Crippen LogP contribution in [0, 0.1) is 13.8 Å². The van der Waals surface area contributed by atoms with Crippen molar-refractivity contribution < 1.29 is 42.0 Å². The normalized spacial score (nSPS) is 13.7. The molecule has 10 heteroatoms. The van der Waals surface area contributed by atoms with E-state index in [2.05, 4.69) is 13.8 Å². The third-order valence-corrected chi connectivity index (χ3v) is 12.6. The largest absolute Gasteiger partial charge is 0.744 e. The number of unbranched alkanes of at least 4 members (excludes halogenated alkanes) is 20. The van der Waals surface area contributed by atoms with Crippen molar-refractivity contribution in [3.8, 4) is 0 Å². The Labute approximate surface area is 358 Å². The van der Waals surface area contributed by atoms with Crippen LogP contribution in [-0.2, 0) is 33.8 Å². The molecule has 1 aromatic rings. The third-order valence-electron chi connectivity index (χ3n) is 11.7. The fraction of sp³-hybridized carbons (Fsp3) is 0.875. The Morgan fingerprint density at radius 3 is 1.33 bits per heavy atom. The van der Waals surface area contributed by atoms with Crippen LogP contribution in [0.1, 0.15) is 225 Å². The van der Waals surface area contributed by atoms with Crippen LogP contribution in [0.3, 0.4) is 0 Å². The predicted molar refractivity (Wildman–Crippen MR) is 238 cm³/mol. The quantitative estimate of drug-likeness (QED) is 0.0394. The van der Waals surface area contributed by atoms with Crippen LogP contribution in [0.5, 0.6) is 0 Å². The molecule has 0 amide bonds. The van der Waals surface area contributed by atoms with Gasteiger partial charge in [0, 0.05) is 31.8 Å². The molecule has 58 heavy (non-hydrogen) atoms. The zero-order valence-electron chi connectivity index (χ0n) is 39.1. The summed E-state index contributed by atoms with van der Waals surface area (Å²) < 4.78 is 72.7. The van der Waals surface area contributed by atoms with Gasteiger partial charge in [-0.05, 0) is 78.5 Å². The molecule has 0 aliphatic rings. The first-order chi connectivity index (χ1) is 28.0. The molecule has 0 aliphatic heterocycles. The number of rotatable bonds is 40. The minimum absolute atomic E-state index is 0.193. The standard InChI is InChI=1S/C48H91NO8S/c1-10-17-19-21-23-25-26-27-28-30-32-34-36-38-45(53-12-3)47(54-13-4,55-14-5)48(56-15-6,57-16-7)49-43(37-35-33-31-29-24-22-20-18-11-2)46-42(9)41(8)39-40-44(46)58(50,51)52/h39-40,43,45,49H,10-38H2,1-9H3,(H,50,51,52). The predicted octanol–water partition coefficient (Wildman–Crippen LogP) is 12.1. The van der Waals surface area contributed by atoms with Gasteiger partial charge in [-0.25, -0.2) is 8.42 Å². The van der Waals surface area contributed by atoms with E-state index in [1.54, 1.807) is 6.07 Å². The number of quaternary nitrogens is 1. The number of benzene rings is 1. The molecular weight excluding hydrogens is 751 g/mol. The molecule has 1 rings (SSSR count). The first-order valence-corrected chi connectivity index (χ1v) is 25.5. The molecule has 0 aromatic heterocycles. The summed E-state index contributed by atoms with van der Waals surface area (Å²) in [6, 6.07) is 2.68. The summed E-state index contributed by atoms with van der Waals surface area (Å²) in [5.74, 6) is -3.11. The Bertz CT molecular complexity index is 1250. The molecule has 0 saturated heterocycles. The second-order valence-corrected chi connectivity index (χ2v) is 17.7. The lowest BCUT2D eigenvalue weighted by Gasteiger charge is -2.49. The maximum Gasteiger partial charge on any atom is 0.376 e. The highest BCUT2D eigenvalue weighted by molar-refractivity contribution is 7.85. The molecular formula is C48H91NO8S. The van der Waals surface area contributed by atoms with Crippen LogP contribution in [0.2, 0.25) is 0 Å². The maximum absolute atomic E-state index is 13.0. The van der Waals surface area contributed by atoms with Gasteiger partial charge in [-0.3, -0.25) is 14.8 Å². The van der Waals surface area contributed by atoms with Gasteiger partial charge >= 0.3 is 11.7 Å². The van der Waals surface area contributed by atoms with Gasteiger partial charge in [0.05, 0.1) is 18.1 Å². The van der Waals surface area contributed by atoms with Crippen molar-refractivity contribution in [1.29, 1.82) is 0 Å². The van der Waals surface area contributed by atoms with Gasteiger partial charge in [-0.2, -0.15) is 0 Å². The molecule has 0 bridgehead atoms. The van der Waals surface area contributed by atoms with Crippen molar-refractivity contribution in [3.63, 3.8) is 0 Å². The van der Waals surface area contributed by atoms with Gasteiger partial charge in [-0.1, -0.05) is 155 Å². The first kappa shape index (κ1) is 54.9. The number of nitrogens with two attached hydrogens (primary N) is 1.